The third kappa shape index (κ3) is 8.60. The molecule has 0 unspecified atom stereocenters. The van der Waals surface area contributed by atoms with Crippen LogP contribution < -0.4 is 20.3 Å². The first-order chi connectivity index (χ1) is 22.9. The Bertz CT molecular complexity index is 1800. The molecule has 0 fully saturated rings. The van der Waals surface area contributed by atoms with Gasteiger partial charge in [0.2, 0.25) is 5.56 Å². The van der Waals surface area contributed by atoms with Crippen LogP contribution in [0.5, 0.6) is 17.2 Å². The molecule has 3 aromatic carbocycles. The van der Waals surface area contributed by atoms with E-state index >= 15 is 0 Å². The van der Waals surface area contributed by atoms with Crippen molar-refractivity contribution in [3.8, 4) is 17.2 Å². The molecule has 245 valence electrons. The summed E-state index contributed by atoms with van der Waals surface area (Å²) in [5, 5.41) is 24.9. The van der Waals surface area contributed by atoms with E-state index in [2.05, 4.69) is 10.3 Å². The molecule has 0 saturated carbocycles. The molecule has 5 rings (SSSR count). The van der Waals surface area contributed by atoms with Crippen LogP contribution in [0.4, 0.5) is 0 Å². The van der Waals surface area contributed by atoms with E-state index in [1.54, 1.807) is 37.3 Å². The summed E-state index contributed by atoms with van der Waals surface area (Å²) in [6.07, 6.45) is 8.64. The van der Waals surface area contributed by atoms with Gasteiger partial charge in [0.25, 0.3) is 5.91 Å². The second-order valence-corrected chi connectivity index (χ2v) is 11.2. The number of methoxy groups -OCH3 is 2. The number of phenols is 1. The van der Waals surface area contributed by atoms with Gasteiger partial charge < -0.3 is 39.6 Å². The Hall–Kier alpha value is -5.06. The summed E-state index contributed by atoms with van der Waals surface area (Å²) in [7, 11) is 3.18. The number of nitrogens with one attached hydrogen (secondary N) is 2. The van der Waals surface area contributed by atoms with E-state index in [1.807, 2.05) is 61.0 Å². The van der Waals surface area contributed by atoms with Crippen molar-refractivity contribution in [3.05, 3.63) is 130 Å². The number of allylic oxidation sites excluding steroid dienone is 3. The average molecular weight is 639 g/mol. The van der Waals surface area contributed by atoms with Crippen molar-refractivity contribution < 1.29 is 29.2 Å². The number of ether oxygens (including phenoxy) is 3. The van der Waals surface area contributed by atoms with Gasteiger partial charge in [-0.15, -0.1) is 0 Å². The molecule has 0 aliphatic heterocycles. The number of hydrogen-bond donors (Lipinski definition) is 4. The fourth-order valence-corrected chi connectivity index (χ4v) is 5.43. The normalized spacial score (nSPS) is 13.2. The van der Waals surface area contributed by atoms with Crippen LogP contribution >= 0.6 is 0 Å². The van der Waals surface area contributed by atoms with Gasteiger partial charge in [-0.25, -0.2) is 0 Å². The van der Waals surface area contributed by atoms with Crippen molar-refractivity contribution in [1.29, 1.82) is 0 Å². The standard InChI is InChI=1S/C37H40N3O7/c1-45-29-14-13-27(34(21-29)46-2)23-40(37(44)26-11-9-25(10-12-26)24-47-28-7-4-3-5-8-28)20-6-19-38-22-33(42)30-15-17-32(41)36-31(30)16-18-35(43)39-36/h4-5,7-18,21,33,38,41-42H,3,6,19-20,22-24H2,1-2H3,(H,39,43)/t33-/m0/s1. The molecule has 1 aromatic heterocycles. The minimum atomic E-state index is -0.878. The van der Waals surface area contributed by atoms with Crippen molar-refractivity contribution in [2.24, 2.45) is 0 Å². The van der Waals surface area contributed by atoms with Crippen LogP contribution in [-0.2, 0) is 17.9 Å². The highest BCUT2D eigenvalue weighted by molar-refractivity contribution is 5.94. The zero-order valence-corrected chi connectivity index (χ0v) is 26.6. The number of hydrogen-bond acceptors (Lipinski definition) is 8. The summed E-state index contributed by atoms with van der Waals surface area (Å²) in [4.78, 5) is 30.0. The number of fused-ring (bicyclic) bond motifs is 1. The topological polar surface area (TPSA) is 133 Å². The number of aliphatic hydroxyl groups excluding tert-OH is 1. The van der Waals surface area contributed by atoms with Crippen LogP contribution in [0.2, 0.25) is 0 Å². The molecule has 0 spiro atoms. The van der Waals surface area contributed by atoms with Crippen molar-refractivity contribution >= 4 is 16.8 Å². The average Bonchev–Trinajstić information content (AvgIpc) is 3.10. The highest BCUT2D eigenvalue weighted by atomic mass is 16.5. The number of phenolic OH excluding ortho intramolecular Hbond substituents is 1. The summed E-state index contributed by atoms with van der Waals surface area (Å²) in [5.74, 6) is 1.92. The van der Waals surface area contributed by atoms with Gasteiger partial charge in [-0.3, -0.25) is 9.59 Å². The lowest BCUT2D eigenvalue weighted by atomic mass is 10.0. The molecule has 1 aliphatic carbocycles. The Labute approximate surface area is 273 Å². The lowest BCUT2D eigenvalue weighted by Crippen LogP contribution is -2.33. The number of pyridine rings is 1. The van der Waals surface area contributed by atoms with Crippen molar-refractivity contribution in [3.63, 3.8) is 0 Å². The van der Waals surface area contributed by atoms with Gasteiger partial charge in [0.1, 0.15) is 29.6 Å². The van der Waals surface area contributed by atoms with Crippen LogP contribution in [0.25, 0.3) is 10.9 Å². The van der Waals surface area contributed by atoms with Crippen LogP contribution in [0.3, 0.4) is 0 Å². The van der Waals surface area contributed by atoms with Crippen LogP contribution in [0.15, 0.2) is 95.5 Å². The Morgan fingerprint density at radius 3 is 2.62 bits per heavy atom. The number of H-pyrrole nitrogens is 1. The van der Waals surface area contributed by atoms with Gasteiger partial charge in [-0.05, 0) is 85.5 Å². The van der Waals surface area contributed by atoms with Gasteiger partial charge in [0.15, 0.2) is 0 Å². The third-order valence-corrected chi connectivity index (χ3v) is 7.97. The molecule has 4 aromatic rings. The quantitative estimate of drug-likeness (QED) is 0.131. The maximum absolute atomic E-state index is 13.8. The molecule has 1 amide bonds. The molecule has 4 N–H and O–H groups in total. The minimum Gasteiger partial charge on any atom is -0.506 e. The second-order valence-electron chi connectivity index (χ2n) is 11.2. The monoisotopic (exact) mass is 638 g/mol. The van der Waals surface area contributed by atoms with E-state index < -0.39 is 6.10 Å². The number of aromatic hydroxyl groups is 1. The molecule has 1 atom stereocenters. The molecular formula is C37H40N3O7. The summed E-state index contributed by atoms with van der Waals surface area (Å²) in [5.41, 5.74) is 2.90. The highest BCUT2D eigenvalue weighted by Crippen LogP contribution is 2.29. The van der Waals surface area contributed by atoms with E-state index in [0.717, 1.165) is 23.3 Å². The maximum Gasteiger partial charge on any atom is 0.254 e. The summed E-state index contributed by atoms with van der Waals surface area (Å²) in [6.45, 7) is 1.95. The SMILES string of the molecule is COc1ccc(CN(CCCNC[C@H](O)c2ccc(O)c3[nH]c(=O)ccc23)C(=O)c2ccc(COC3=C[CH]CC=C3)cc2)c(OC)c1. The van der Waals surface area contributed by atoms with E-state index in [0.29, 0.717) is 60.7 Å². The number of aromatic amines is 1. The van der Waals surface area contributed by atoms with Crippen LogP contribution in [0.1, 0.15) is 46.0 Å². The van der Waals surface area contributed by atoms with Gasteiger partial charge in [0, 0.05) is 48.3 Å². The Morgan fingerprint density at radius 1 is 1.04 bits per heavy atom. The minimum absolute atomic E-state index is 0.0591. The molecule has 0 saturated heterocycles. The molecule has 10 nitrogen and oxygen atoms in total. The third-order valence-electron chi connectivity index (χ3n) is 7.97. The number of rotatable bonds is 15. The number of amides is 1. The number of carbonyl (C=O) groups excluding carboxylic acids is 1. The van der Waals surface area contributed by atoms with Gasteiger partial charge >= 0.3 is 0 Å². The lowest BCUT2D eigenvalue weighted by molar-refractivity contribution is 0.0739. The predicted octanol–water partition coefficient (Wildman–Crippen LogP) is 5.17. The van der Waals surface area contributed by atoms with E-state index in [1.165, 1.54) is 12.1 Å². The Morgan fingerprint density at radius 2 is 1.87 bits per heavy atom. The highest BCUT2D eigenvalue weighted by Gasteiger charge is 2.19. The first kappa shape index (κ1) is 33.3. The fourth-order valence-electron chi connectivity index (χ4n) is 5.43. The van der Waals surface area contributed by atoms with Gasteiger partial charge in [-0.2, -0.15) is 0 Å². The maximum atomic E-state index is 13.8. The zero-order chi connectivity index (χ0) is 33.2. The number of carbonyl (C=O) groups is 1. The molecule has 0 bridgehead atoms. The smallest absolute Gasteiger partial charge is 0.254 e. The Balaban J connectivity index is 1.23. The van der Waals surface area contributed by atoms with Gasteiger partial charge in [-0.1, -0.05) is 24.3 Å². The number of benzene rings is 3. The number of aliphatic hydroxyl groups is 1. The van der Waals surface area contributed by atoms with Crippen LogP contribution in [0, 0.1) is 6.42 Å². The molecule has 1 heterocycles. The Kier molecular flexibility index (Phi) is 11.3. The van der Waals surface area contributed by atoms with Crippen molar-refractivity contribution in [2.75, 3.05) is 33.9 Å². The zero-order valence-electron chi connectivity index (χ0n) is 26.6. The second kappa shape index (κ2) is 16.0. The van der Waals surface area contributed by atoms with Crippen molar-refractivity contribution in [1.82, 2.24) is 15.2 Å². The van der Waals surface area contributed by atoms with Crippen molar-refractivity contribution in [2.45, 2.75) is 32.1 Å². The lowest BCUT2D eigenvalue weighted by Gasteiger charge is -2.24. The van der Waals surface area contributed by atoms with Crippen LogP contribution in [-0.4, -0.2) is 59.9 Å². The molecule has 1 radical (unpaired) electrons. The van der Waals surface area contributed by atoms with Gasteiger partial charge in [0.05, 0.1) is 25.8 Å². The summed E-state index contributed by atoms with van der Waals surface area (Å²) >= 11 is 0. The molecule has 1 aliphatic rings. The van der Waals surface area contributed by atoms with E-state index in [-0.39, 0.29) is 29.3 Å². The first-order valence-electron chi connectivity index (χ1n) is 15.5. The molecule has 47 heavy (non-hydrogen) atoms. The first-order valence-corrected chi connectivity index (χ1v) is 15.5. The predicted molar refractivity (Wildman–Crippen MR) is 180 cm³/mol. The summed E-state index contributed by atoms with van der Waals surface area (Å²) in [6, 6.07) is 19.0. The fraction of sp³-hybridized carbons (Fsp3) is 0.270. The number of aromatic nitrogens is 1. The number of nitrogens with zero attached hydrogens (tertiary/aromatic N) is 1. The summed E-state index contributed by atoms with van der Waals surface area (Å²) < 4.78 is 16.8. The van der Waals surface area contributed by atoms with E-state index in [9.17, 15) is 19.8 Å². The largest absolute Gasteiger partial charge is 0.506 e. The van der Waals surface area contributed by atoms with E-state index in [4.69, 9.17) is 14.2 Å². The molecule has 10 heteroatoms. The molecular weight excluding hydrogens is 598 g/mol.